The van der Waals surface area contributed by atoms with Gasteiger partial charge in [-0.2, -0.15) is 0 Å². The highest BCUT2D eigenvalue weighted by Crippen LogP contribution is 2.46. The second kappa shape index (κ2) is 8.96. The molecular weight excluding hydrogens is 468 g/mol. The molecule has 0 saturated heterocycles. The van der Waals surface area contributed by atoms with Crippen LogP contribution in [0.2, 0.25) is 0 Å². The van der Waals surface area contributed by atoms with E-state index in [1.165, 1.54) is 0 Å². The number of nitrogens with one attached hydrogen (secondary N) is 3. The van der Waals surface area contributed by atoms with Crippen molar-refractivity contribution in [3.8, 4) is 0 Å². The summed E-state index contributed by atoms with van der Waals surface area (Å²) < 4.78 is 5.30. The van der Waals surface area contributed by atoms with E-state index in [9.17, 15) is 14.4 Å². The Labute approximate surface area is 214 Å². The standard InChI is InChI=1S/C29H28N4O4/c1-16(2)24(28(35)30-15-17-8-7-13-37-17)32-27(34)23-14-21-18-9-5-6-12-22(18)31-25(21)26-19-10-3-4-11-20(19)29(36)33(23)26/h3-13,16,23-24,26,31H,14-15H2,1-2H3,(H,30,35)(H,32,34)/t23-,24-,26?/m0/s1. The van der Waals surface area contributed by atoms with Crippen molar-refractivity contribution < 1.29 is 18.8 Å². The minimum absolute atomic E-state index is 0.157. The Kier molecular flexibility index (Phi) is 5.59. The van der Waals surface area contributed by atoms with Crippen molar-refractivity contribution in [2.45, 2.75) is 44.9 Å². The van der Waals surface area contributed by atoms with Gasteiger partial charge in [0.25, 0.3) is 5.91 Å². The lowest BCUT2D eigenvalue weighted by Crippen LogP contribution is -2.57. The maximum absolute atomic E-state index is 13.8. The van der Waals surface area contributed by atoms with Crippen LogP contribution in [0.15, 0.2) is 71.3 Å². The number of benzene rings is 2. The number of fused-ring (bicyclic) bond motifs is 7. The van der Waals surface area contributed by atoms with Crippen molar-refractivity contribution in [1.82, 2.24) is 20.5 Å². The van der Waals surface area contributed by atoms with Gasteiger partial charge in [0.1, 0.15) is 17.8 Å². The molecule has 6 rings (SSSR count). The van der Waals surface area contributed by atoms with Crippen LogP contribution in [0.25, 0.3) is 10.9 Å². The van der Waals surface area contributed by atoms with Crippen LogP contribution in [0.3, 0.4) is 0 Å². The number of carbonyl (C=O) groups is 3. The summed E-state index contributed by atoms with van der Waals surface area (Å²) in [6.07, 6.45) is 1.91. The highest BCUT2D eigenvalue weighted by atomic mass is 16.3. The average molecular weight is 497 g/mol. The summed E-state index contributed by atoms with van der Waals surface area (Å²) in [5, 5.41) is 6.85. The van der Waals surface area contributed by atoms with Crippen molar-refractivity contribution in [2.24, 2.45) is 5.92 Å². The maximum atomic E-state index is 13.8. The Hall–Kier alpha value is -4.33. The Balaban J connectivity index is 1.33. The third-order valence-electron chi connectivity index (χ3n) is 7.42. The second-order valence-electron chi connectivity index (χ2n) is 10.0. The summed E-state index contributed by atoms with van der Waals surface area (Å²) in [6.45, 7) is 4.00. The number of hydrogen-bond acceptors (Lipinski definition) is 4. The first-order valence-electron chi connectivity index (χ1n) is 12.6. The smallest absolute Gasteiger partial charge is 0.255 e. The number of rotatable bonds is 6. The zero-order chi connectivity index (χ0) is 25.7. The zero-order valence-electron chi connectivity index (χ0n) is 20.7. The van der Waals surface area contributed by atoms with Crippen LogP contribution in [0, 0.1) is 5.92 Å². The van der Waals surface area contributed by atoms with Gasteiger partial charge in [-0.25, -0.2) is 0 Å². The molecule has 188 valence electrons. The normalized spacial score (nSPS) is 18.9. The molecule has 0 fully saturated rings. The first-order chi connectivity index (χ1) is 17.9. The number of H-pyrrole nitrogens is 1. The Bertz CT molecular complexity index is 1500. The minimum atomic E-state index is -0.759. The molecule has 3 N–H and O–H groups in total. The summed E-state index contributed by atoms with van der Waals surface area (Å²) in [5.74, 6) is -0.335. The van der Waals surface area contributed by atoms with Gasteiger partial charge in [0.15, 0.2) is 0 Å². The SMILES string of the molecule is CC(C)[C@H](NC(=O)[C@@H]1Cc2c([nH]c3ccccc23)C2c3ccccc3C(=O)N21)C(=O)NCc1ccco1. The average Bonchev–Trinajstić information content (AvgIpc) is 3.62. The molecule has 3 amide bonds. The number of aromatic amines is 1. The van der Waals surface area contributed by atoms with E-state index in [0.29, 0.717) is 17.7 Å². The largest absolute Gasteiger partial charge is 0.467 e. The van der Waals surface area contributed by atoms with Gasteiger partial charge in [0.05, 0.1) is 18.8 Å². The second-order valence-corrected chi connectivity index (χ2v) is 10.0. The molecule has 0 bridgehead atoms. The van der Waals surface area contributed by atoms with Gasteiger partial charge in [-0.05, 0) is 41.3 Å². The van der Waals surface area contributed by atoms with Crippen LogP contribution in [0.5, 0.6) is 0 Å². The number of furan rings is 1. The fraction of sp³-hybridized carbons (Fsp3) is 0.276. The van der Waals surface area contributed by atoms with Gasteiger partial charge in [0, 0.05) is 28.6 Å². The Morgan fingerprint density at radius 1 is 1.08 bits per heavy atom. The number of amides is 3. The first kappa shape index (κ1) is 23.1. The molecule has 8 nitrogen and oxygen atoms in total. The van der Waals surface area contributed by atoms with Crippen LogP contribution in [-0.4, -0.2) is 39.7 Å². The number of nitrogens with zero attached hydrogens (tertiary/aromatic N) is 1. The zero-order valence-corrected chi connectivity index (χ0v) is 20.7. The molecule has 4 heterocycles. The van der Waals surface area contributed by atoms with E-state index in [0.717, 1.165) is 27.7 Å². The molecule has 37 heavy (non-hydrogen) atoms. The van der Waals surface area contributed by atoms with Gasteiger partial charge in [-0.3, -0.25) is 14.4 Å². The van der Waals surface area contributed by atoms with E-state index >= 15 is 0 Å². The number of carbonyl (C=O) groups excluding carboxylic acids is 3. The predicted octanol–water partition coefficient (Wildman–Crippen LogP) is 3.69. The molecule has 0 saturated carbocycles. The molecule has 3 atom stereocenters. The molecule has 1 unspecified atom stereocenters. The van der Waals surface area contributed by atoms with Crippen LogP contribution < -0.4 is 10.6 Å². The van der Waals surface area contributed by atoms with Crippen molar-refractivity contribution in [3.05, 3.63) is 95.1 Å². The first-order valence-corrected chi connectivity index (χ1v) is 12.6. The fourth-order valence-electron chi connectivity index (χ4n) is 5.62. The fourth-order valence-corrected chi connectivity index (χ4v) is 5.62. The van der Waals surface area contributed by atoms with Crippen molar-refractivity contribution >= 4 is 28.6 Å². The molecule has 2 aliphatic heterocycles. The number of hydrogen-bond donors (Lipinski definition) is 3. The van der Waals surface area contributed by atoms with Gasteiger partial charge in [-0.1, -0.05) is 50.2 Å². The topological polar surface area (TPSA) is 107 Å². The summed E-state index contributed by atoms with van der Waals surface area (Å²) >= 11 is 0. The molecule has 8 heteroatoms. The lowest BCUT2D eigenvalue weighted by molar-refractivity contribution is -0.133. The molecular formula is C29H28N4O4. The van der Waals surface area contributed by atoms with Gasteiger partial charge >= 0.3 is 0 Å². The lowest BCUT2D eigenvalue weighted by atomic mass is 9.89. The molecule has 2 aromatic heterocycles. The van der Waals surface area contributed by atoms with E-state index in [4.69, 9.17) is 4.42 Å². The van der Waals surface area contributed by atoms with Gasteiger partial charge in [-0.15, -0.1) is 0 Å². The lowest BCUT2D eigenvalue weighted by Gasteiger charge is -2.38. The van der Waals surface area contributed by atoms with E-state index in [1.807, 2.05) is 62.4 Å². The van der Waals surface area contributed by atoms with Crippen LogP contribution in [0.4, 0.5) is 0 Å². The number of aromatic nitrogens is 1. The quantitative estimate of drug-likeness (QED) is 0.378. The summed E-state index contributed by atoms with van der Waals surface area (Å²) in [6, 6.07) is 17.1. The molecule has 0 radical (unpaired) electrons. The summed E-state index contributed by atoms with van der Waals surface area (Å²) in [7, 11) is 0. The summed E-state index contributed by atoms with van der Waals surface area (Å²) in [4.78, 5) is 45.7. The van der Waals surface area contributed by atoms with E-state index in [-0.39, 0.29) is 36.2 Å². The molecule has 2 aliphatic rings. The van der Waals surface area contributed by atoms with E-state index in [2.05, 4.69) is 15.6 Å². The van der Waals surface area contributed by atoms with Crippen molar-refractivity contribution in [1.29, 1.82) is 0 Å². The predicted molar refractivity (Wildman–Crippen MR) is 138 cm³/mol. The van der Waals surface area contributed by atoms with Crippen LogP contribution >= 0.6 is 0 Å². The third-order valence-corrected chi connectivity index (χ3v) is 7.42. The van der Waals surface area contributed by atoms with Crippen LogP contribution in [-0.2, 0) is 22.6 Å². The number of para-hydroxylation sites is 1. The Morgan fingerprint density at radius 2 is 1.86 bits per heavy atom. The molecule has 2 aromatic carbocycles. The van der Waals surface area contributed by atoms with Crippen LogP contribution in [0.1, 0.15) is 52.8 Å². The van der Waals surface area contributed by atoms with Crippen molar-refractivity contribution in [3.63, 3.8) is 0 Å². The van der Waals surface area contributed by atoms with Crippen molar-refractivity contribution in [2.75, 3.05) is 0 Å². The minimum Gasteiger partial charge on any atom is -0.467 e. The summed E-state index contributed by atoms with van der Waals surface area (Å²) in [5.41, 5.74) is 4.44. The van der Waals surface area contributed by atoms with E-state index in [1.54, 1.807) is 23.3 Å². The molecule has 4 aromatic rings. The Morgan fingerprint density at radius 3 is 2.65 bits per heavy atom. The third kappa shape index (κ3) is 3.80. The highest BCUT2D eigenvalue weighted by Gasteiger charge is 2.49. The monoisotopic (exact) mass is 496 g/mol. The molecule has 0 aliphatic carbocycles. The van der Waals surface area contributed by atoms with E-state index < -0.39 is 12.1 Å². The van der Waals surface area contributed by atoms with Gasteiger partial charge in [0.2, 0.25) is 11.8 Å². The van der Waals surface area contributed by atoms with Gasteiger partial charge < -0.3 is 24.9 Å². The molecule has 0 spiro atoms. The maximum Gasteiger partial charge on any atom is 0.255 e. The highest BCUT2D eigenvalue weighted by molar-refractivity contribution is 6.04.